The number of aryl methyl sites for hydroxylation is 2. The second-order valence-corrected chi connectivity index (χ2v) is 6.59. The Morgan fingerprint density at radius 1 is 1.33 bits per heavy atom. The van der Waals surface area contributed by atoms with Crippen LogP contribution in [0.15, 0.2) is 41.6 Å². The lowest BCUT2D eigenvalue weighted by molar-refractivity contribution is 0.256. The van der Waals surface area contributed by atoms with Gasteiger partial charge in [0.25, 0.3) is 10.0 Å². The third kappa shape index (κ3) is 3.90. The fourth-order valence-electron chi connectivity index (χ4n) is 1.98. The summed E-state index contributed by atoms with van der Waals surface area (Å²) in [5.41, 5.74) is 0.955. The third-order valence-electron chi connectivity index (χ3n) is 3.23. The molecule has 0 radical (unpaired) electrons. The summed E-state index contributed by atoms with van der Waals surface area (Å²) in [6, 6.07) is 8.84. The minimum Gasteiger partial charge on any atom is -0.395 e. The molecule has 0 fully saturated rings. The molecule has 1 heterocycles. The van der Waals surface area contributed by atoms with Gasteiger partial charge >= 0.3 is 0 Å². The summed E-state index contributed by atoms with van der Waals surface area (Å²) in [4.78, 5) is 4.01. The van der Waals surface area contributed by atoms with Gasteiger partial charge in [-0.25, -0.2) is 18.1 Å². The maximum absolute atomic E-state index is 12.3. The summed E-state index contributed by atoms with van der Waals surface area (Å²) in [7, 11) is -2.00. The molecule has 1 aromatic carbocycles. The second kappa shape index (κ2) is 6.38. The van der Waals surface area contributed by atoms with Crippen LogP contribution in [-0.2, 0) is 23.5 Å². The first-order valence-electron chi connectivity index (χ1n) is 6.59. The average molecular weight is 309 g/mol. The fraction of sp³-hybridized carbons (Fsp3) is 0.357. The standard InChI is InChI=1S/C14H19N3O3S/c1-11-15-14(9-17(11)2)21(19,20)16-13(10-18)8-12-6-4-3-5-7-12/h3-7,9,13,16,18H,8,10H2,1-2H3/t13-/m0/s1. The molecule has 0 saturated carbocycles. The Bertz CT molecular complexity index is 676. The third-order valence-corrected chi connectivity index (χ3v) is 4.62. The van der Waals surface area contributed by atoms with Crippen LogP contribution in [0.5, 0.6) is 0 Å². The number of sulfonamides is 1. The molecule has 6 nitrogen and oxygen atoms in total. The van der Waals surface area contributed by atoms with Gasteiger partial charge in [-0.05, 0) is 18.9 Å². The van der Waals surface area contributed by atoms with E-state index in [4.69, 9.17) is 0 Å². The van der Waals surface area contributed by atoms with Gasteiger partial charge in [0, 0.05) is 19.3 Å². The number of aromatic nitrogens is 2. The van der Waals surface area contributed by atoms with Crippen LogP contribution < -0.4 is 4.72 Å². The van der Waals surface area contributed by atoms with Crippen molar-refractivity contribution in [2.24, 2.45) is 7.05 Å². The Hall–Kier alpha value is -1.70. The molecule has 0 aliphatic heterocycles. The van der Waals surface area contributed by atoms with E-state index < -0.39 is 16.1 Å². The zero-order chi connectivity index (χ0) is 15.5. The summed E-state index contributed by atoms with van der Waals surface area (Å²) < 4.78 is 28.7. The van der Waals surface area contributed by atoms with E-state index in [-0.39, 0.29) is 11.6 Å². The molecule has 114 valence electrons. The van der Waals surface area contributed by atoms with Gasteiger partial charge in [-0.15, -0.1) is 0 Å². The first-order chi connectivity index (χ1) is 9.92. The first-order valence-corrected chi connectivity index (χ1v) is 8.08. The Balaban J connectivity index is 2.14. The SMILES string of the molecule is Cc1nc(S(=O)(=O)N[C@H](CO)Cc2ccccc2)cn1C. The Morgan fingerprint density at radius 3 is 2.52 bits per heavy atom. The second-order valence-electron chi connectivity index (χ2n) is 4.93. The minimum absolute atomic E-state index is 0.0333. The van der Waals surface area contributed by atoms with E-state index in [0.29, 0.717) is 12.2 Å². The van der Waals surface area contributed by atoms with Gasteiger partial charge in [-0.3, -0.25) is 0 Å². The van der Waals surface area contributed by atoms with E-state index in [9.17, 15) is 13.5 Å². The van der Waals surface area contributed by atoms with Crippen molar-refractivity contribution >= 4 is 10.0 Å². The van der Waals surface area contributed by atoms with Crippen LogP contribution in [0.2, 0.25) is 0 Å². The van der Waals surface area contributed by atoms with Gasteiger partial charge in [0.05, 0.1) is 6.61 Å². The molecular weight excluding hydrogens is 290 g/mol. The zero-order valence-corrected chi connectivity index (χ0v) is 12.8. The molecule has 0 aliphatic rings. The van der Waals surface area contributed by atoms with Crippen molar-refractivity contribution in [1.29, 1.82) is 0 Å². The van der Waals surface area contributed by atoms with E-state index in [1.54, 1.807) is 18.5 Å². The van der Waals surface area contributed by atoms with Crippen LogP contribution in [-0.4, -0.2) is 35.7 Å². The number of nitrogens with zero attached hydrogens (tertiary/aromatic N) is 2. The molecule has 0 amide bonds. The van der Waals surface area contributed by atoms with E-state index in [1.165, 1.54) is 6.20 Å². The number of rotatable bonds is 6. The van der Waals surface area contributed by atoms with Crippen molar-refractivity contribution in [2.45, 2.75) is 24.4 Å². The van der Waals surface area contributed by atoms with Crippen LogP contribution in [0.4, 0.5) is 0 Å². The van der Waals surface area contributed by atoms with Crippen molar-refractivity contribution in [1.82, 2.24) is 14.3 Å². The van der Waals surface area contributed by atoms with Crippen LogP contribution in [0.3, 0.4) is 0 Å². The normalized spacial score (nSPS) is 13.3. The van der Waals surface area contributed by atoms with Gasteiger partial charge in [-0.1, -0.05) is 30.3 Å². The number of benzene rings is 1. The molecule has 0 saturated heterocycles. The molecule has 0 aliphatic carbocycles. The van der Waals surface area contributed by atoms with Crippen molar-refractivity contribution in [3.05, 3.63) is 47.9 Å². The summed E-state index contributed by atoms with van der Waals surface area (Å²) >= 11 is 0. The predicted molar refractivity (Wildman–Crippen MR) is 79.3 cm³/mol. The molecule has 1 aromatic heterocycles. The molecule has 2 rings (SSSR count). The maximum atomic E-state index is 12.3. The molecule has 0 spiro atoms. The lowest BCUT2D eigenvalue weighted by atomic mass is 10.1. The van der Waals surface area contributed by atoms with Crippen LogP contribution >= 0.6 is 0 Å². The highest BCUT2D eigenvalue weighted by Gasteiger charge is 2.22. The van der Waals surface area contributed by atoms with Gasteiger partial charge in [0.2, 0.25) is 0 Å². The Labute approximate surface area is 124 Å². The van der Waals surface area contributed by atoms with Gasteiger partial charge in [0.15, 0.2) is 5.03 Å². The first kappa shape index (κ1) is 15.7. The van der Waals surface area contributed by atoms with Crippen LogP contribution in [0, 0.1) is 6.92 Å². The van der Waals surface area contributed by atoms with Gasteiger partial charge in [-0.2, -0.15) is 0 Å². The molecule has 1 atom stereocenters. The van der Waals surface area contributed by atoms with Gasteiger partial charge in [0.1, 0.15) is 5.82 Å². The molecule has 21 heavy (non-hydrogen) atoms. The predicted octanol–water partition coefficient (Wildman–Crippen LogP) is 0.610. The van der Waals surface area contributed by atoms with E-state index >= 15 is 0 Å². The van der Waals surface area contributed by atoms with Crippen molar-refractivity contribution in [2.75, 3.05) is 6.61 Å². The lowest BCUT2D eigenvalue weighted by Crippen LogP contribution is -2.39. The van der Waals surface area contributed by atoms with E-state index in [1.807, 2.05) is 30.3 Å². The number of hydrogen-bond donors (Lipinski definition) is 2. The number of aliphatic hydroxyl groups is 1. The van der Waals surface area contributed by atoms with Crippen molar-refractivity contribution in [3.8, 4) is 0 Å². The highest BCUT2D eigenvalue weighted by Crippen LogP contribution is 2.10. The molecule has 0 unspecified atom stereocenters. The van der Waals surface area contributed by atoms with E-state index in [2.05, 4.69) is 9.71 Å². The topological polar surface area (TPSA) is 84.2 Å². The zero-order valence-electron chi connectivity index (χ0n) is 12.0. The maximum Gasteiger partial charge on any atom is 0.259 e. The molecular formula is C14H19N3O3S. The molecule has 2 aromatic rings. The summed E-state index contributed by atoms with van der Waals surface area (Å²) in [6.07, 6.45) is 1.87. The fourth-order valence-corrected chi connectivity index (χ4v) is 3.24. The summed E-state index contributed by atoms with van der Waals surface area (Å²) in [6.45, 7) is 1.45. The molecule has 7 heteroatoms. The average Bonchev–Trinajstić information content (AvgIpc) is 2.80. The highest BCUT2D eigenvalue weighted by molar-refractivity contribution is 7.89. The molecule has 0 bridgehead atoms. The summed E-state index contributed by atoms with van der Waals surface area (Å²) in [5, 5.41) is 9.37. The number of imidazole rings is 1. The van der Waals surface area contributed by atoms with Crippen LogP contribution in [0.25, 0.3) is 0 Å². The Kier molecular flexibility index (Phi) is 4.76. The molecule has 2 N–H and O–H groups in total. The number of nitrogens with one attached hydrogen (secondary N) is 1. The van der Waals surface area contributed by atoms with E-state index in [0.717, 1.165) is 5.56 Å². The largest absolute Gasteiger partial charge is 0.395 e. The minimum atomic E-state index is -3.74. The quantitative estimate of drug-likeness (QED) is 0.819. The Morgan fingerprint density at radius 2 is 2.00 bits per heavy atom. The number of aliphatic hydroxyl groups excluding tert-OH is 1. The summed E-state index contributed by atoms with van der Waals surface area (Å²) in [5.74, 6) is 0.610. The number of hydrogen-bond acceptors (Lipinski definition) is 4. The van der Waals surface area contributed by atoms with Crippen molar-refractivity contribution < 1.29 is 13.5 Å². The highest BCUT2D eigenvalue weighted by atomic mass is 32.2. The smallest absolute Gasteiger partial charge is 0.259 e. The van der Waals surface area contributed by atoms with Crippen LogP contribution in [0.1, 0.15) is 11.4 Å². The monoisotopic (exact) mass is 309 g/mol. The van der Waals surface area contributed by atoms with Crippen molar-refractivity contribution in [3.63, 3.8) is 0 Å². The lowest BCUT2D eigenvalue weighted by Gasteiger charge is -2.15. The van der Waals surface area contributed by atoms with Gasteiger partial charge < -0.3 is 9.67 Å².